The Bertz CT molecular complexity index is 1000. The van der Waals surface area contributed by atoms with E-state index in [2.05, 4.69) is 16.4 Å². The Hall–Kier alpha value is -3.66. The summed E-state index contributed by atoms with van der Waals surface area (Å²) in [4.78, 5) is 14.6. The van der Waals surface area contributed by atoms with Gasteiger partial charge in [0.1, 0.15) is 17.5 Å². The first kappa shape index (κ1) is 16.8. The molecule has 2 heterocycles. The SMILES string of the molecule is COc1ccc(-c2cn(C3CCN(c4ccc(C#N)cc4)C3=O)nn2)cc1. The molecule has 4 rings (SSSR count). The smallest absolute Gasteiger partial charge is 0.251 e. The lowest BCUT2D eigenvalue weighted by molar-refractivity contribution is -0.120. The van der Waals surface area contributed by atoms with Crippen LogP contribution in [0.3, 0.4) is 0 Å². The predicted octanol–water partition coefficient (Wildman–Crippen LogP) is 2.80. The van der Waals surface area contributed by atoms with Crippen molar-refractivity contribution in [3.05, 3.63) is 60.3 Å². The van der Waals surface area contributed by atoms with Gasteiger partial charge in [0.15, 0.2) is 0 Å². The lowest BCUT2D eigenvalue weighted by Gasteiger charge is -2.16. The number of nitriles is 1. The van der Waals surface area contributed by atoms with Gasteiger partial charge in [-0.2, -0.15) is 5.26 Å². The van der Waals surface area contributed by atoms with Gasteiger partial charge in [-0.1, -0.05) is 5.21 Å². The summed E-state index contributed by atoms with van der Waals surface area (Å²) in [6, 6.07) is 16.3. The van der Waals surface area contributed by atoms with Crippen LogP contribution in [-0.2, 0) is 4.79 Å². The highest BCUT2D eigenvalue weighted by Crippen LogP contribution is 2.29. The summed E-state index contributed by atoms with van der Waals surface area (Å²) in [5.74, 6) is 0.751. The van der Waals surface area contributed by atoms with Crippen molar-refractivity contribution >= 4 is 11.6 Å². The molecular formula is C20H17N5O2. The fourth-order valence-corrected chi connectivity index (χ4v) is 3.21. The molecule has 1 fully saturated rings. The van der Waals surface area contributed by atoms with Gasteiger partial charge in [-0.25, -0.2) is 4.68 Å². The normalized spacial score (nSPS) is 16.4. The molecule has 7 nitrogen and oxygen atoms in total. The minimum absolute atomic E-state index is 0.0223. The predicted molar refractivity (Wildman–Crippen MR) is 99.2 cm³/mol. The third-order valence-electron chi connectivity index (χ3n) is 4.70. The van der Waals surface area contributed by atoms with Crippen molar-refractivity contribution in [1.29, 1.82) is 5.26 Å². The maximum atomic E-state index is 12.8. The molecule has 3 aromatic rings. The standard InChI is InChI=1S/C20H17N5O2/c1-27-17-8-4-15(5-9-17)18-13-25(23-22-18)19-10-11-24(20(19)26)16-6-2-14(12-21)3-7-16/h2-9,13,19H,10-11H2,1H3. The first-order valence-corrected chi connectivity index (χ1v) is 8.57. The van der Waals surface area contributed by atoms with Crippen LogP contribution in [0.15, 0.2) is 54.7 Å². The monoisotopic (exact) mass is 359 g/mol. The molecule has 1 atom stereocenters. The number of anilines is 1. The molecule has 1 unspecified atom stereocenters. The lowest BCUT2D eigenvalue weighted by Crippen LogP contribution is -2.28. The average molecular weight is 359 g/mol. The molecule has 0 bridgehead atoms. The second-order valence-corrected chi connectivity index (χ2v) is 6.27. The molecule has 0 aliphatic carbocycles. The zero-order chi connectivity index (χ0) is 18.8. The summed E-state index contributed by atoms with van der Waals surface area (Å²) < 4.78 is 6.80. The van der Waals surface area contributed by atoms with Crippen LogP contribution >= 0.6 is 0 Å². The number of hydrogen-bond acceptors (Lipinski definition) is 5. The van der Waals surface area contributed by atoms with Gasteiger partial charge >= 0.3 is 0 Å². The molecule has 27 heavy (non-hydrogen) atoms. The fraction of sp³-hybridized carbons (Fsp3) is 0.200. The number of aromatic nitrogens is 3. The van der Waals surface area contributed by atoms with Gasteiger partial charge in [0.05, 0.1) is 24.9 Å². The highest BCUT2D eigenvalue weighted by atomic mass is 16.5. The largest absolute Gasteiger partial charge is 0.497 e. The second kappa shape index (κ2) is 6.92. The quantitative estimate of drug-likeness (QED) is 0.715. The number of amides is 1. The first-order chi connectivity index (χ1) is 13.2. The van der Waals surface area contributed by atoms with E-state index in [1.54, 1.807) is 47.2 Å². The molecule has 2 aromatic carbocycles. The molecule has 0 radical (unpaired) electrons. The number of nitrogens with zero attached hydrogens (tertiary/aromatic N) is 5. The van der Waals surface area contributed by atoms with Crippen LogP contribution < -0.4 is 9.64 Å². The summed E-state index contributed by atoms with van der Waals surface area (Å²) in [6.45, 7) is 0.604. The maximum Gasteiger partial charge on any atom is 0.251 e. The molecule has 1 amide bonds. The lowest BCUT2D eigenvalue weighted by atomic mass is 10.1. The van der Waals surface area contributed by atoms with Crippen LogP contribution in [0.1, 0.15) is 18.0 Å². The maximum absolute atomic E-state index is 12.8. The Morgan fingerprint density at radius 2 is 1.89 bits per heavy atom. The number of carbonyl (C=O) groups is 1. The Morgan fingerprint density at radius 3 is 2.56 bits per heavy atom. The van der Waals surface area contributed by atoms with Crippen LogP contribution in [0.25, 0.3) is 11.3 Å². The van der Waals surface area contributed by atoms with E-state index in [0.717, 1.165) is 17.0 Å². The molecule has 0 saturated carbocycles. The van der Waals surface area contributed by atoms with Gasteiger partial charge in [-0.05, 0) is 55.0 Å². The Morgan fingerprint density at radius 1 is 1.15 bits per heavy atom. The van der Waals surface area contributed by atoms with E-state index in [-0.39, 0.29) is 11.9 Å². The number of rotatable bonds is 4. The van der Waals surface area contributed by atoms with Gasteiger partial charge < -0.3 is 9.64 Å². The Balaban J connectivity index is 1.53. The zero-order valence-corrected chi connectivity index (χ0v) is 14.7. The van der Waals surface area contributed by atoms with Crippen molar-refractivity contribution in [3.8, 4) is 23.1 Å². The molecule has 1 aliphatic heterocycles. The molecular weight excluding hydrogens is 342 g/mol. The highest BCUT2D eigenvalue weighted by Gasteiger charge is 2.34. The van der Waals surface area contributed by atoms with Crippen LogP contribution in [0.2, 0.25) is 0 Å². The van der Waals surface area contributed by atoms with E-state index >= 15 is 0 Å². The molecule has 0 spiro atoms. The summed E-state index contributed by atoms with van der Waals surface area (Å²) in [5.41, 5.74) is 2.98. The number of benzene rings is 2. The van der Waals surface area contributed by atoms with Crippen LogP contribution in [0, 0.1) is 11.3 Å². The molecule has 7 heteroatoms. The van der Waals surface area contributed by atoms with E-state index in [1.165, 1.54) is 0 Å². The van der Waals surface area contributed by atoms with Crippen molar-refractivity contribution in [2.45, 2.75) is 12.5 Å². The highest BCUT2D eigenvalue weighted by molar-refractivity contribution is 5.98. The van der Waals surface area contributed by atoms with Crippen LogP contribution in [-0.4, -0.2) is 34.6 Å². The number of hydrogen-bond donors (Lipinski definition) is 0. The minimum Gasteiger partial charge on any atom is -0.497 e. The summed E-state index contributed by atoms with van der Waals surface area (Å²) in [5, 5.41) is 17.3. The molecule has 0 N–H and O–H groups in total. The Kier molecular flexibility index (Phi) is 4.30. The van der Waals surface area contributed by atoms with E-state index in [4.69, 9.17) is 10.00 Å². The summed E-state index contributed by atoms with van der Waals surface area (Å²) in [6.07, 6.45) is 2.46. The molecule has 134 valence electrons. The van der Waals surface area contributed by atoms with Gasteiger partial charge in [0, 0.05) is 17.8 Å². The fourth-order valence-electron chi connectivity index (χ4n) is 3.21. The van der Waals surface area contributed by atoms with Gasteiger partial charge in [0.2, 0.25) is 0 Å². The van der Waals surface area contributed by atoms with Crippen molar-refractivity contribution in [2.75, 3.05) is 18.6 Å². The number of ether oxygens (including phenoxy) is 1. The second-order valence-electron chi connectivity index (χ2n) is 6.27. The summed E-state index contributed by atoms with van der Waals surface area (Å²) in [7, 11) is 1.62. The molecule has 1 aliphatic rings. The third-order valence-corrected chi connectivity index (χ3v) is 4.70. The summed E-state index contributed by atoms with van der Waals surface area (Å²) >= 11 is 0. The van der Waals surface area contributed by atoms with Crippen molar-refractivity contribution in [1.82, 2.24) is 15.0 Å². The van der Waals surface area contributed by atoms with Crippen molar-refractivity contribution < 1.29 is 9.53 Å². The van der Waals surface area contributed by atoms with Gasteiger partial charge in [0.25, 0.3) is 5.91 Å². The van der Waals surface area contributed by atoms with E-state index < -0.39 is 0 Å². The van der Waals surface area contributed by atoms with E-state index in [9.17, 15) is 4.79 Å². The van der Waals surface area contributed by atoms with Crippen molar-refractivity contribution in [2.24, 2.45) is 0 Å². The number of methoxy groups -OCH3 is 1. The first-order valence-electron chi connectivity index (χ1n) is 8.57. The third kappa shape index (κ3) is 3.13. The van der Waals surface area contributed by atoms with Crippen LogP contribution in [0.5, 0.6) is 5.75 Å². The topological polar surface area (TPSA) is 84.0 Å². The van der Waals surface area contributed by atoms with Gasteiger partial charge in [-0.15, -0.1) is 5.10 Å². The zero-order valence-electron chi connectivity index (χ0n) is 14.7. The van der Waals surface area contributed by atoms with E-state index in [0.29, 0.717) is 24.2 Å². The minimum atomic E-state index is -0.375. The molecule has 1 saturated heterocycles. The molecule has 1 aromatic heterocycles. The average Bonchev–Trinajstić information content (AvgIpc) is 3.35. The van der Waals surface area contributed by atoms with Crippen molar-refractivity contribution in [3.63, 3.8) is 0 Å². The van der Waals surface area contributed by atoms with Gasteiger partial charge in [-0.3, -0.25) is 4.79 Å². The van der Waals surface area contributed by atoms with E-state index in [1.807, 2.05) is 24.3 Å². The number of carbonyl (C=O) groups excluding carboxylic acids is 1. The van der Waals surface area contributed by atoms with Crippen LogP contribution in [0.4, 0.5) is 5.69 Å². The Labute approximate surface area is 156 Å².